The molecule has 6 nitrogen and oxygen atoms in total. The Bertz CT molecular complexity index is 539. The van der Waals surface area contributed by atoms with Crippen LogP contribution in [0, 0.1) is 0 Å². The largest absolute Gasteiger partial charge is 0.454 e. The van der Waals surface area contributed by atoms with E-state index in [1.165, 1.54) is 4.90 Å². The highest BCUT2D eigenvalue weighted by Gasteiger charge is 2.27. The van der Waals surface area contributed by atoms with Gasteiger partial charge in [-0.05, 0) is 31.5 Å². The van der Waals surface area contributed by atoms with Crippen LogP contribution in [-0.4, -0.2) is 44.5 Å². The summed E-state index contributed by atoms with van der Waals surface area (Å²) in [6.07, 6.45) is 0.417. The minimum atomic E-state index is 0.0639. The molecule has 1 unspecified atom stereocenters. The number of amides is 1. The van der Waals surface area contributed by atoms with Gasteiger partial charge in [0.05, 0.1) is 0 Å². The Labute approximate surface area is 130 Å². The first kappa shape index (κ1) is 15.1. The van der Waals surface area contributed by atoms with Crippen LogP contribution in [0.25, 0.3) is 0 Å². The van der Waals surface area contributed by atoms with Crippen molar-refractivity contribution in [1.29, 1.82) is 0 Å². The maximum Gasteiger partial charge on any atom is 0.275 e. The molecule has 3 rings (SSSR count). The Balaban J connectivity index is 1.48. The number of benzene rings is 1. The first-order valence-electron chi connectivity index (χ1n) is 7.74. The molecule has 0 spiro atoms. The minimum Gasteiger partial charge on any atom is -0.454 e. The number of carbonyl (C=O) groups excluding carboxylic acids is 1. The summed E-state index contributed by atoms with van der Waals surface area (Å²) in [5.41, 5.74) is 1.01. The van der Waals surface area contributed by atoms with Crippen molar-refractivity contribution in [2.24, 2.45) is 0 Å². The van der Waals surface area contributed by atoms with E-state index in [0.29, 0.717) is 13.1 Å². The fourth-order valence-electron chi connectivity index (χ4n) is 3.07. The highest BCUT2D eigenvalue weighted by molar-refractivity contribution is 5.76. The molecular weight excluding hydrogens is 284 g/mol. The number of quaternary nitrogens is 1. The lowest BCUT2D eigenvalue weighted by Gasteiger charge is -2.31. The predicted molar refractivity (Wildman–Crippen MR) is 80.0 cm³/mol. The van der Waals surface area contributed by atoms with Crippen LogP contribution < -0.4 is 19.7 Å². The maximum atomic E-state index is 12.1. The topological polar surface area (TPSA) is 61.2 Å². The Morgan fingerprint density at radius 2 is 1.95 bits per heavy atom. The van der Waals surface area contributed by atoms with Gasteiger partial charge in [-0.1, -0.05) is 6.07 Å². The third-order valence-corrected chi connectivity index (χ3v) is 3.95. The molecule has 2 heterocycles. The van der Waals surface area contributed by atoms with Crippen LogP contribution in [0.3, 0.4) is 0 Å². The van der Waals surface area contributed by atoms with Gasteiger partial charge in [-0.3, -0.25) is 4.79 Å². The molecule has 1 amide bonds. The molecule has 2 aliphatic heterocycles. The number of hydrogen-bond acceptors (Lipinski definition) is 4. The Morgan fingerprint density at radius 1 is 1.23 bits per heavy atom. The molecule has 0 saturated carbocycles. The van der Waals surface area contributed by atoms with Crippen molar-refractivity contribution < 1.29 is 23.9 Å². The van der Waals surface area contributed by atoms with E-state index in [-0.39, 0.29) is 24.9 Å². The van der Waals surface area contributed by atoms with Crippen LogP contribution in [0.2, 0.25) is 0 Å². The Hall–Kier alpha value is -1.79. The monoisotopic (exact) mass is 307 g/mol. The molecule has 1 saturated heterocycles. The van der Waals surface area contributed by atoms with Crippen LogP contribution in [-0.2, 0) is 16.1 Å². The van der Waals surface area contributed by atoms with E-state index in [1.807, 2.05) is 18.2 Å². The van der Waals surface area contributed by atoms with E-state index in [0.717, 1.165) is 30.2 Å². The quantitative estimate of drug-likeness (QED) is 0.803. The van der Waals surface area contributed by atoms with Gasteiger partial charge in [0.15, 0.2) is 18.0 Å². The SMILES string of the molecule is C[C@@H]1C[NH+](CC(=O)NCc2ccc3c(c2)OCO3)C[C@H](C)O1. The standard InChI is InChI=1S/C16H22N2O4/c1-11-7-18(8-12(2)22-11)9-16(19)17-6-13-3-4-14-15(5-13)21-10-20-14/h3-5,11-12H,6-10H2,1-2H3,(H,17,19)/p+1/t11-,12+. The van der Waals surface area contributed by atoms with Gasteiger partial charge in [0.25, 0.3) is 5.91 Å². The van der Waals surface area contributed by atoms with Crippen molar-refractivity contribution in [2.75, 3.05) is 26.4 Å². The lowest BCUT2D eigenvalue weighted by molar-refractivity contribution is -0.907. The van der Waals surface area contributed by atoms with Gasteiger partial charge in [-0.25, -0.2) is 0 Å². The zero-order chi connectivity index (χ0) is 15.5. The van der Waals surface area contributed by atoms with Gasteiger partial charge >= 0.3 is 0 Å². The van der Waals surface area contributed by atoms with Crippen molar-refractivity contribution in [3.05, 3.63) is 23.8 Å². The summed E-state index contributed by atoms with van der Waals surface area (Å²) in [6.45, 7) is 7.12. The number of hydrogen-bond donors (Lipinski definition) is 2. The number of morpholine rings is 1. The predicted octanol–water partition coefficient (Wildman–Crippen LogP) is -0.276. The summed E-state index contributed by atoms with van der Waals surface area (Å²) in [5.74, 6) is 1.57. The van der Waals surface area contributed by atoms with Crippen molar-refractivity contribution in [3.8, 4) is 11.5 Å². The summed E-state index contributed by atoms with van der Waals surface area (Å²) in [4.78, 5) is 13.4. The second-order valence-corrected chi connectivity index (χ2v) is 6.06. The molecule has 1 aromatic carbocycles. The van der Waals surface area contributed by atoms with Crippen LogP contribution in [0.15, 0.2) is 18.2 Å². The van der Waals surface area contributed by atoms with Gasteiger partial charge in [0, 0.05) is 6.54 Å². The third-order valence-electron chi connectivity index (χ3n) is 3.95. The van der Waals surface area contributed by atoms with Crippen molar-refractivity contribution in [1.82, 2.24) is 5.32 Å². The second-order valence-electron chi connectivity index (χ2n) is 6.06. The smallest absolute Gasteiger partial charge is 0.275 e. The van der Waals surface area contributed by atoms with Gasteiger partial charge in [-0.2, -0.15) is 0 Å². The van der Waals surface area contributed by atoms with E-state index in [2.05, 4.69) is 19.2 Å². The second kappa shape index (κ2) is 6.54. The Kier molecular flexibility index (Phi) is 4.49. The molecule has 2 aliphatic rings. The average molecular weight is 307 g/mol. The lowest BCUT2D eigenvalue weighted by Crippen LogP contribution is -3.16. The zero-order valence-corrected chi connectivity index (χ0v) is 13.1. The summed E-state index contributed by atoms with van der Waals surface area (Å²) in [5, 5.41) is 2.97. The molecule has 2 N–H and O–H groups in total. The van der Waals surface area contributed by atoms with Crippen molar-refractivity contribution in [3.63, 3.8) is 0 Å². The highest BCUT2D eigenvalue weighted by atomic mass is 16.7. The number of nitrogens with one attached hydrogen (secondary N) is 2. The van der Waals surface area contributed by atoms with Crippen LogP contribution >= 0.6 is 0 Å². The van der Waals surface area contributed by atoms with Crippen LogP contribution in [0.5, 0.6) is 11.5 Å². The molecular formula is C16H23N2O4+. The first-order chi connectivity index (χ1) is 10.6. The summed E-state index contributed by atoms with van der Waals surface area (Å²) in [7, 11) is 0. The number of ether oxygens (including phenoxy) is 3. The fraction of sp³-hybridized carbons (Fsp3) is 0.562. The number of fused-ring (bicyclic) bond motifs is 1. The highest BCUT2D eigenvalue weighted by Crippen LogP contribution is 2.32. The van der Waals surface area contributed by atoms with Gasteiger partial charge < -0.3 is 24.4 Å². The molecule has 1 aromatic rings. The van der Waals surface area contributed by atoms with E-state index in [4.69, 9.17) is 14.2 Å². The van der Waals surface area contributed by atoms with Crippen molar-refractivity contribution >= 4 is 5.91 Å². The van der Waals surface area contributed by atoms with Gasteiger partial charge in [0.2, 0.25) is 6.79 Å². The molecule has 22 heavy (non-hydrogen) atoms. The zero-order valence-electron chi connectivity index (χ0n) is 13.1. The van der Waals surface area contributed by atoms with Gasteiger partial charge in [0.1, 0.15) is 25.3 Å². The first-order valence-corrected chi connectivity index (χ1v) is 7.74. The molecule has 3 atom stereocenters. The average Bonchev–Trinajstić information content (AvgIpc) is 2.91. The molecule has 1 fully saturated rings. The molecule has 120 valence electrons. The molecule has 6 heteroatoms. The fourth-order valence-corrected chi connectivity index (χ4v) is 3.07. The van der Waals surface area contributed by atoms with E-state index in [1.54, 1.807) is 0 Å². The third kappa shape index (κ3) is 3.69. The van der Waals surface area contributed by atoms with E-state index >= 15 is 0 Å². The Morgan fingerprint density at radius 3 is 2.73 bits per heavy atom. The van der Waals surface area contributed by atoms with Gasteiger partial charge in [-0.15, -0.1) is 0 Å². The van der Waals surface area contributed by atoms with Crippen LogP contribution in [0.4, 0.5) is 0 Å². The number of carbonyl (C=O) groups is 1. The van der Waals surface area contributed by atoms with Crippen molar-refractivity contribution in [2.45, 2.75) is 32.6 Å². The molecule has 0 radical (unpaired) electrons. The van der Waals surface area contributed by atoms with Crippen LogP contribution in [0.1, 0.15) is 19.4 Å². The normalized spacial score (nSPS) is 26.7. The van der Waals surface area contributed by atoms with E-state index in [9.17, 15) is 4.79 Å². The minimum absolute atomic E-state index is 0.0639. The van der Waals surface area contributed by atoms with E-state index < -0.39 is 0 Å². The lowest BCUT2D eigenvalue weighted by atomic mass is 10.2. The summed E-state index contributed by atoms with van der Waals surface area (Å²) >= 11 is 0. The summed E-state index contributed by atoms with van der Waals surface area (Å²) in [6, 6.07) is 5.73. The summed E-state index contributed by atoms with van der Waals surface area (Å²) < 4.78 is 16.3. The maximum absolute atomic E-state index is 12.1. The molecule has 0 bridgehead atoms. The molecule has 0 aromatic heterocycles. The number of rotatable bonds is 4. The molecule has 0 aliphatic carbocycles.